The third kappa shape index (κ3) is 4.02. The van der Waals surface area contributed by atoms with E-state index < -0.39 is 5.92 Å². The van der Waals surface area contributed by atoms with Crippen molar-refractivity contribution in [3.05, 3.63) is 17.0 Å². The lowest BCUT2D eigenvalue weighted by Gasteiger charge is -2.39. The van der Waals surface area contributed by atoms with Gasteiger partial charge in [0.2, 0.25) is 11.9 Å². The summed E-state index contributed by atoms with van der Waals surface area (Å²) in [5.74, 6) is -2.03. The van der Waals surface area contributed by atoms with Crippen molar-refractivity contribution in [1.29, 1.82) is 0 Å². The Hall–Kier alpha value is -1.87. The fourth-order valence-electron chi connectivity index (χ4n) is 5.29. The maximum absolute atomic E-state index is 14.6. The van der Waals surface area contributed by atoms with Gasteiger partial charge in [-0.2, -0.15) is 8.78 Å². The van der Waals surface area contributed by atoms with Crippen molar-refractivity contribution in [2.45, 2.75) is 56.9 Å². The number of piperazine rings is 1. The first-order valence-electron chi connectivity index (χ1n) is 11.7. The molecule has 9 heteroatoms. The number of hydrogen-bond acceptors (Lipinski definition) is 6. The van der Waals surface area contributed by atoms with Crippen LogP contribution < -0.4 is 10.2 Å². The van der Waals surface area contributed by atoms with E-state index in [1.165, 1.54) is 0 Å². The summed E-state index contributed by atoms with van der Waals surface area (Å²) < 4.78 is 29.1. The third-order valence-electron chi connectivity index (χ3n) is 7.44. The number of nitrogens with zero attached hydrogens (tertiary/aromatic N) is 5. The molecule has 4 heterocycles. The molecule has 0 bridgehead atoms. The Bertz CT molecular complexity index is 836. The van der Waals surface area contributed by atoms with Crippen LogP contribution in [0.4, 0.5) is 14.7 Å². The van der Waals surface area contributed by atoms with Crippen LogP contribution in [0.15, 0.2) is 0 Å². The van der Waals surface area contributed by atoms with Gasteiger partial charge in [0.1, 0.15) is 5.69 Å². The maximum atomic E-state index is 14.6. The Kier molecular flexibility index (Phi) is 5.58. The van der Waals surface area contributed by atoms with E-state index in [0.717, 1.165) is 70.8 Å². The summed E-state index contributed by atoms with van der Waals surface area (Å²) in [6.45, 7) is 8.22. The van der Waals surface area contributed by atoms with Gasteiger partial charge in [-0.1, -0.05) is 0 Å². The number of alkyl halides is 2. The average Bonchev–Trinajstić information content (AvgIpc) is 3.08. The quantitative estimate of drug-likeness (QED) is 0.779. The number of anilines is 1. The summed E-state index contributed by atoms with van der Waals surface area (Å²) in [6.07, 6.45) is 2.93. The van der Waals surface area contributed by atoms with Gasteiger partial charge >= 0.3 is 0 Å². The molecule has 1 amide bonds. The smallest absolute Gasteiger partial charge is 0.290 e. The minimum absolute atomic E-state index is 0.0390. The standard InChI is InChI=1S/C22H32F2N6O/c1-15-3-11-30(15)21-26-19(17-2-6-22(23,24)20(17)27-21)16-4-9-28(10-5-16)14-18(31)29-12-7-25-8-13-29/h15-16,25H,2-14H2,1H3/t15-/m0/s1. The van der Waals surface area contributed by atoms with Crippen LogP contribution in [0.1, 0.15) is 55.5 Å². The van der Waals surface area contributed by atoms with Gasteiger partial charge < -0.3 is 15.1 Å². The minimum atomic E-state index is -2.85. The molecule has 4 aliphatic rings. The summed E-state index contributed by atoms with van der Waals surface area (Å²) in [5.41, 5.74) is 1.48. The second kappa shape index (κ2) is 8.24. The van der Waals surface area contributed by atoms with Gasteiger partial charge in [-0.25, -0.2) is 9.97 Å². The highest BCUT2D eigenvalue weighted by Gasteiger charge is 2.45. The van der Waals surface area contributed by atoms with Crippen LogP contribution in [0.2, 0.25) is 0 Å². The predicted molar refractivity (Wildman–Crippen MR) is 114 cm³/mol. The van der Waals surface area contributed by atoms with Crippen LogP contribution in [-0.4, -0.2) is 84.1 Å². The average molecular weight is 435 g/mol. The molecule has 170 valence electrons. The molecule has 1 N–H and O–H groups in total. The molecule has 1 aromatic heterocycles. The molecule has 1 atom stereocenters. The molecular weight excluding hydrogens is 402 g/mol. The number of rotatable bonds is 4. The predicted octanol–water partition coefficient (Wildman–Crippen LogP) is 1.72. The fourth-order valence-corrected chi connectivity index (χ4v) is 5.29. The van der Waals surface area contributed by atoms with E-state index in [1.54, 1.807) is 0 Å². The van der Waals surface area contributed by atoms with Crippen molar-refractivity contribution in [2.75, 3.05) is 57.3 Å². The van der Waals surface area contributed by atoms with Crippen molar-refractivity contribution in [3.63, 3.8) is 0 Å². The number of amides is 1. The van der Waals surface area contributed by atoms with Crippen molar-refractivity contribution >= 4 is 11.9 Å². The van der Waals surface area contributed by atoms with Gasteiger partial charge in [-0.15, -0.1) is 0 Å². The zero-order valence-corrected chi connectivity index (χ0v) is 18.2. The molecule has 0 unspecified atom stereocenters. The summed E-state index contributed by atoms with van der Waals surface area (Å²) in [4.78, 5) is 27.9. The Balaban J connectivity index is 1.29. The van der Waals surface area contributed by atoms with E-state index in [4.69, 9.17) is 4.98 Å². The number of likely N-dealkylation sites (tertiary alicyclic amines) is 1. The SMILES string of the molecule is C[C@H]1CCN1c1nc(C2CCN(CC(=O)N3CCNCC3)CC2)c2c(n1)C(F)(F)CC2. The molecule has 0 spiro atoms. The summed E-state index contributed by atoms with van der Waals surface area (Å²) >= 11 is 0. The fraction of sp³-hybridized carbons (Fsp3) is 0.773. The van der Waals surface area contributed by atoms with Gasteiger partial charge in [-0.3, -0.25) is 9.69 Å². The largest absolute Gasteiger partial charge is 0.339 e. The summed E-state index contributed by atoms with van der Waals surface area (Å²) in [7, 11) is 0. The van der Waals surface area contributed by atoms with Crippen LogP contribution in [0.3, 0.4) is 0 Å². The second-order valence-corrected chi connectivity index (χ2v) is 9.45. The molecule has 3 saturated heterocycles. The van der Waals surface area contributed by atoms with Gasteiger partial charge in [-0.05, 0) is 45.7 Å². The summed E-state index contributed by atoms with van der Waals surface area (Å²) in [6, 6.07) is 0.304. The molecule has 1 aromatic rings. The Morgan fingerprint density at radius 2 is 1.84 bits per heavy atom. The normalized spacial score (nSPS) is 26.6. The molecule has 7 nitrogen and oxygen atoms in total. The number of piperidine rings is 1. The van der Waals surface area contributed by atoms with E-state index in [0.29, 0.717) is 30.5 Å². The zero-order chi connectivity index (χ0) is 21.6. The highest BCUT2D eigenvalue weighted by Crippen LogP contribution is 2.45. The van der Waals surface area contributed by atoms with E-state index in [1.807, 2.05) is 9.80 Å². The molecular formula is C22H32F2N6O. The van der Waals surface area contributed by atoms with Crippen LogP contribution in [0.25, 0.3) is 0 Å². The Morgan fingerprint density at radius 1 is 1.10 bits per heavy atom. The second-order valence-electron chi connectivity index (χ2n) is 9.45. The molecule has 3 aliphatic heterocycles. The van der Waals surface area contributed by atoms with Crippen LogP contribution in [-0.2, 0) is 17.1 Å². The molecule has 0 aromatic carbocycles. The number of nitrogens with one attached hydrogen (secondary N) is 1. The first-order chi connectivity index (χ1) is 14.9. The van der Waals surface area contributed by atoms with E-state index in [-0.39, 0.29) is 23.9 Å². The lowest BCUT2D eigenvalue weighted by Crippen LogP contribution is -2.50. The highest BCUT2D eigenvalue weighted by atomic mass is 19.3. The van der Waals surface area contributed by atoms with Gasteiger partial charge in [0.25, 0.3) is 5.92 Å². The van der Waals surface area contributed by atoms with Crippen molar-refractivity contribution in [1.82, 2.24) is 25.1 Å². The van der Waals surface area contributed by atoms with E-state index in [9.17, 15) is 13.6 Å². The zero-order valence-electron chi connectivity index (χ0n) is 18.2. The van der Waals surface area contributed by atoms with E-state index in [2.05, 4.69) is 22.1 Å². The number of carbonyl (C=O) groups excluding carboxylic acids is 1. The van der Waals surface area contributed by atoms with Crippen molar-refractivity contribution in [2.24, 2.45) is 0 Å². The Labute approximate surface area is 182 Å². The highest BCUT2D eigenvalue weighted by molar-refractivity contribution is 5.78. The molecule has 3 fully saturated rings. The number of carbonyl (C=O) groups is 1. The number of fused-ring (bicyclic) bond motifs is 1. The van der Waals surface area contributed by atoms with Crippen molar-refractivity contribution in [3.8, 4) is 0 Å². The van der Waals surface area contributed by atoms with Gasteiger partial charge in [0, 0.05) is 56.7 Å². The first kappa shape index (κ1) is 21.0. The molecule has 1 aliphatic carbocycles. The lowest BCUT2D eigenvalue weighted by atomic mass is 9.90. The summed E-state index contributed by atoms with van der Waals surface area (Å²) in [5, 5.41) is 3.27. The minimum Gasteiger partial charge on any atom is -0.339 e. The number of aromatic nitrogens is 2. The lowest BCUT2D eigenvalue weighted by molar-refractivity contribution is -0.133. The number of halogens is 2. The maximum Gasteiger partial charge on any atom is 0.290 e. The van der Waals surface area contributed by atoms with Gasteiger partial charge in [0.15, 0.2) is 0 Å². The number of hydrogen-bond donors (Lipinski definition) is 1. The van der Waals surface area contributed by atoms with Crippen LogP contribution in [0.5, 0.6) is 0 Å². The third-order valence-corrected chi connectivity index (χ3v) is 7.44. The monoisotopic (exact) mass is 434 g/mol. The van der Waals surface area contributed by atoms with Gasteiger partial charge in [0.05, 0.1) is 12.2 Å². The van der Waals surface area contributed by atoms with Crippen LogP contribution >= 0.6 is 0 Å². The van der Waals surface area contributed by atoms with Crippen LogP contribution in [0, 0.1) is 0 Å². The molecule has 5 rings (SSSR count). The topological polar surface area (TPSA) is 64.6 Å². The first-order valence-corrected chi connectivity index (χ1v) is 11.7. The molecule has 0 saturated carbocycles. The molecule has 0 radical (unpaired) electrons. The Morgan fingerprint density at radius 3 is 2.48 bits per heavy atom. The molecule has 31 heavy (non-hydrogen) atoms. The van der Waals surface area contributed by atoms with E-state index >= 15 is 0 Å². The van der Waals surface area contributed by atoms with Crippen molar-refractivity contribution < 1.29 is 13.6 Å².